The van der Waals surface area contributed by atoms with Crippen molar-refractivity contribution in [3.8, 4) is 5.75 Å². The van der Waals surface area contributed by atoms with Gasteiger partial charge in [0.25, 0.3) is 0 Å². The van der Waals surface area contributed by atoms with Gasteiger partial charge in [-0.25, -0.2) is 9.80 Å². The molecule has 8 nitrogen and oxygen atoms in total. The minimum Gasteiger partial charge on any atom is -0.482 e. The maximum absolute atomic E-state index is 11.2. The van der Waals surface area contributed by atoms with E-state index in [0.717, 1.165) is 31.6 Å². The van der Waals surface area contributed by atoms with Crippen LogP contribution in [-0.4, -0.2) is 49.7 Å². The van der Waals surface area contributed by atoms with Gasteiger partial charge in [0.2, 0.25) is 6.41 Å². The minimum atomic E-state index is -0.426. The lowest BCUT2D eigenvalue weighted by Gasteiger charge is -2.32. The topological polar surface area (TPSA) is 92.3 Å². The van der Waals surface area contributed by atoms with E-state index < -0.39 is 5.97 Å². The molecule has 1 fully saturated rings. The average molecular weight is 378 g/mol. The van der Waals surface area contributed by atoms with Gasteiger partial charge < -0.3 is 20.1 Å². The summed E-state index contributed by atoms with van der Waals surface area (Å²) in [6.45, 7) is 1.86. The highest BCUT2D eigenvalue weighted by atomic mass is 32.2. The Labute approximate surface area is 156 Å². The quantitative estimate of drug-likeness (QED) is 0.566. The van der Waals surface area contributed by atoms with Gasteiger partial charge in [0.15, 0.2) is 11.8 Å². The Balaban J connectivity index is 1.72. The van der Waals surface area contributed by atoms with Crippen LogP contribution in [0.2, 0.25) is 0 Å². The van der Waals surface area contributed by atoms with Crippen LogP contribution in [0, 0.1) is 5.92 Å². The van der Waals surface area contributed by atoms with Crippen LogP contribution in [0.25, 0.3) is 0 Å². The summed E-state index contributed by atoms with van der Waals surface area (Å²) in [5.41, 5.74) is 0.911. The number of rotatable bonds is 6. The van der Waals surface area contributed by atoms with E-state index in [1.165, 1.54) is 7.11 Å². The summed E-state index contributed by atoms with van der Waals surface area (Å²) in [7, 11) is 1.32. The van der Waals surface area contributed by atoms with Gasteiger partial charge in [-0.05, 0) is 56.1 Å². The second-order valence-corrected chi connectivity index (χ2v) is 7.07. The van der Waals surface area contributed by atoms with E-state index in [9.17, 15) is 9.59 Å². The highest BCUT2D eigenvalue weighted by Gasteiger charge is 2.35. The number of amides is 1. The maximum Gasteiger partial charge on any atom is 0.343 e. The molecule has 2 aliphatic rings. The van der Waals surface area contributed by atoms with Crippen molar-refractivity contribution in [2.45, 2.75) is 18.2 Å². The van der Waals surface area contributed by atoms with Gasteiger partial charge >= 0.3 is 5.97 Å². The first-order valence-corrected chi connectivity index (χ1v) is 9.34. The predicted octanol–water partition coefficient (Wildman–Crippen LogP) is 1.13. The number of thioether (sulfide) groups is 1. The maximum atomic E-state index is 11.2. The highest BCUT2D eigenvalue weighted by molar-refractivity contribution is 8.14. The number of carbonyl (C=O) groups excluding carboxylic acids is 2. The van der Waals surface area contributed by atoms with E-state index in [1.807, 2.05) is 17.1 Å². The van der Waals surface area contributed by atoms with Crippen LogP contribution < -0.4 is 20.4 Å². The molecule has 2 aliphatic heterocycles. The number of hydrazone groups is 1. The van der Waals surface area contributed by atoms with E-state index in [4.69, 9.17) is 4.74 Å². The lowest BCUT2D eigenvalue weighted by molar-refractivity contribution is -0.142. The number of hydrogen-bond acceptors (Lipinski definition) is 8. The Morgan fingerprint density at radius 1 is 1.38 bits per heavy atom. The second kappa shape index (κ2) is 8.91. The van der Waals surface area contributed by atoms with Gasteiger partial charge in [-0.1, -0.05) is 11.8 Å². The molecule has 1 aromatic carbocycles. The number of nitrogens with one attached hydrogen (secondary N) is 2. The van der Waals surface area contributed by atoms with Gasteiger partial charge in [-0.2, -0.15) is 0 Å². The van der Waals surface area contributed by atoms with Crippen molar-refractivity contribution in [3.63, 3.8) is 0 Å². The fourth-order valence-corrected chi connectivity index (χ4v) is 4.20. The lowest BCUT2D eigenvalue weighted by Crippen LogP contribution is -2.38. The molecule has 1 aromatic rings. The van der Waals surface area contributed by atoms with Crippen LogP contribution in [0.1, 0.15) is 12.8 Å². The van der Waals surface area contributed by atoms with Crippen LogP contribution in [0.3, 0.4) is 0 Å². The first-order valence-electron chi connectivity index (χ1n) is 8.46. The van der Waals surface area contributed by atoms with Crippen molar-refractivity contribution in [1.82, 2.24) is 10.6 Å². The van der Waals surface area contributed by atoms with Crippen molar-refractivity contribution in [3.05, 3.63) is 24.3 Å². The lowest BCUT2D eigenvalue weighted by atomic mass is 9.97. The van der Waals surface area contributed by atoms with Crippen molar-refractivity contribution in [1.29, 1.82) is 0 Å². The molecule has 26 heavy (non-hydrogen) atoms. The van der Waals surface area contributed by atoms with Gasteiger partial charge in [-0.15, -0.1) is 5.10 Å². The standard InChI is InChI=1S/C17H22N4O4S/c1-24-15(23)10-25-14-4-2-13(3-5-14)21-16(12-6-8-18-9-7-12)26-17(20-21)19-11-22/h2-5,11-12,16,18H,6-10H2,1H3,(H,19,20,22). The zero-order valence-electron chi connectivity index (χ0n) is 14.5. The molecule has 1 amide bonds. The Hall–Kier alpha value is -2.26. The Morgan fingerprint density at radius 2 is 2.12 bits per heavy atom. The molecule has 0 aliphatic carbocycles. The van der Waals surface area contributed by atoms with E-state index in [2.05, 4.69) is 20.5 Å². The van der Waals surface area contributed by atoms with Crippen molar-refractivity contribution in [2.75, 3.05) is 31.8 Å². The molecule has 0 radical (unpaired) electrons. The molecule has 0 bridgehead atoms. The minimum absolute atomic E-state index is 0.126. The zero-order chi connectivity index (χ0) is 18.4. The van der Waals surface area contributed by atoms with Crippen LogP contribution in [0.15, 0.2) is 29.4 Å². The number of nitrogens with zero attached hydrogens (tertiary/aromatic N) is 2. The zero-order valence-corrected chi connectivity index (χ0v) is 15.3. The fourth-order valence-electron chi connectivity index (χ4n) is 2.98. The average Bonchev–Trinajstić information content (AvgIpc) is 3.11. The van der Waals surface area contributed by atoms with E-state index in [1.54, 1.807) is 23.9 Å². The molecule has 1 saturated heterocycles. The van der Waals surface area contributed by atoms with Crippen LogP contribution in [-0.2, 0) is 14.3 Å². The summed E-state index contributed by atoms with van der Waals surface area (Å²) in [5, 5.41) is 13.3. The van der Waals surface area contributed by atoms with Crippen molar-refractivity contribution >= 4 is 35.0 Å². The third-order valence-electron chi connectivity index (χ3n) is 4.33. The number of amidine groups is 1. The summed E-state index contributed by atoms with van der Waals surface area (Å²) >= 11 is 1.58. The second-order valence-electron chi connectivity index (χ2n) is 5.97. The smallest absolute Gasteiger partial charge is 0.343 e. The molecule has 1 atom stereocenters. The number of benzene rings is 1. The number of carbonyl (C=O) groups is 2. The molecule has 0 aromatic heterocycles. The van der Waals surface area contributed by atoms with Gasteiger partial charge in [0.05, 0.1) is 12.8 Å². The van der Waals surface area contributed by atoms with Crippen LogP contribution in [0.5, 0.6) is 5.75 Å². The molecule has 9 heteroatoms. The van der Waals surface area contributed by atoms with Gasteiger partial charge in [-0.3, -0.25) is 4.79 Å². The van der Waals surface area contributed by atoms with Gasteiger partial charge in [0, 0.05) is 0 Å². The summed E-state index contributed by atoms with van der Waals surface area (Å²) in [4.78, 5) is 22.0. The number of anilines is 1. The predicted molar refractivity (Wildman–Crippen MR) is 100 cm³/mol. The third-order valence-corrected chi connectivity index (χ3v) is 5.58. The molecule has 0 spiro atoms. The van der Waals surface area contributed by atoms with E-state index in [0.29, 0.717) is 23.2 Å². The molecule has 1 unspecified atom stereocenters. The number of hydrogen-bond donors (Lipinski definition) is 2. The summed E-state index contributed by atoms with van der Waals surface area (Å²) in [6.07, 6.45) is 2.79. The van der Waals surface area contributed by atoms with Crippen LogP contribution >= 0.6 is 11.8 Å². The Bertz CT molecular complexity index is 661. The number of ether oxygens (including phenoxy) is 2. The summed E-state index contributed by atoms with van der Waals surface area (Å²) in [6, 6.07) is 7.38. The molecule has 0 saturated carbocycles. The largest absolute Gasteiger partial charge is 0.482 e. The summed E-state index contributed by atoms with van der Waals surface area (Å²) < 4.78 is 9.94. The monoisotopic (exact) mass is 378 g/mol. The summed E-state index contributed by atoms with van der Waals surface area (Å²) in [5.74, 6) is 0.635. The number of esters is 1. The SMILES string of the molecule is COC(=O)COc1ccc(N2N=C(NC=O)SC2C2CCNCC2)cc1. The number of methoxy groups -OCH3 is 1. The normalized spacial score (nSPS) is 20.4. The molecule has 2 N–H and O–H groups in total. The van der Waals surface area contributed by atoms with Gasteiger partial charge in [0.1, 0.15) is 11.1 Å². The molecule has 140 valence electrons. The van der Waals surface area contributed by atoms with Crippen LogP contribution in [0.4, 0.5) is 5.69 Å². The first-order chi connectivity index (χ1) is 12.7. The first kappa shape index (κ1) is 18.5. The van der Waals surface area contributed by atoms with Crippen molar-refractivity contribution < 1.29 is 19.1 Å². The third kappa shape index (κ3) is 4.47. The fraction of sp³-hybridized carbons (Fsp3) is 0.471. The molecular weight excluding hydrogens is 356 g/mol. The highest BCUT2D eigenvalue weighted by Crippen LogP contribution is 2.38. The van der Waals surface area contributed by atoms with E-state index in [-0.39, 0.29) is 12.0 Å². The molecule has 2 heterocycles. The van der Waals surface area contributed by atoms with Crippen molar-refractivity contribution in [2.24, 2.45) is 11.0 Å². The molecule has 3 rings (SSSR count). The molecular formula is C17H22N4O4S. The Morgan fingerprint density at radius 3 is 2.77 bits per heavy atom. The number of piperidine rings is 1. The Kier molecular flexibility index (Phi) is 6.35. The van der Waals surface area contributed by atoms with E-state index >= 15 is 0 Å².